The molecule has 2 fully saturated rings. The maximum atomic E-state index is 13.9. The van der Waals surface area contributed by atoms with Gasteiger partial charge in [0, 0.05) is 51.1 Å². The predicted molar refractivity (Wildman–Crippen MR) is 165 cm³/mol. The van der Waals surface area contributed by atoms with Crippen LogP contribution in [-0.4, -0.2) is 60.2 Å². The quantitative estimate of drug-likeness (QED) is 0.326. The van der Waals surface area contributed by atoms with Gasteiger partial charge in [0.15, 0.2) is 0 Å². The number of Topliss-reactive ketones (excluding diaryl/α,β-unsaturated/α-hetero) is 1. The number of anilines is 2. The molecule has 0 radical (unpaired) electrons. The molecular weight excluding hydrogens is 585 g/mol. The molecule has 1 aromatic heterocycles. The summed E-state index contributed by atoms with van der Waals surface area (Å²) in [6.45, 7) is 7.83. The number of aromatic nitrogens is 2. The van der Waals surface area contributed by atoms with Gasteiger partial charge in [0.25, 0.3) is 0 Å². The summed E-state index contributed by atoms with van der Waals surface area (Å²) in [6, 6.07) is 11.0. The van der Waals surface area contributed by atoms with E-state index in [0.29, 0.717) is 69.9 Å². The van der Waals surface area contributed by atoms with Crippen molar-refractivity contribution in [1.82, 2.24) is 15.3 Å². The number of nitriles is 1. The molecule has 0 spiro atoms. The summed E-state index contributed by atoms with van der Waals surface area (Å²) in [5.41, 5.74) is 1.08. The second kappa shape index (κ2) is 14.9. The molecule has 1 N–H and O–H groups in total. The molecule has 3 heterocycles. The van der Waals surface area contributed by atoms with E-state index < -0.39 is 23.7 Å². The summed E-state index contributed by atoms with van der Waals surface area (Å²) >= 11 is 0. The molecule has 12 heteroatoms. The van der Waals surface area contributed by atoms with Crippen molar-refractivity contribution in [3.8, 4) is 6.07 Å². The van der Waals surface area contributed by atoms with Crippen molar-refractivity contribution < 1.29 is 27.5 Å². The molecule has 1 atom stereocenters. The molecule has 9 nitrogen and oxygen atoms in total. The number of rotatable bonds is 10. The van der Waals surface area contributed by atoms with Gasteiger partial charge in [0.1, 0.15) is 23.0 Å². The number of ketones is 1. The Morgan fingerprint density at radius 3 is 2.31 bits per heavy atom. The molecule has 45 heavy (non-hydrogen) atoms. The number of halogens is 3. The Hall–Kier alpha value is -3.88. The Balaban J connectivity index is 1.34. The Labute approximate surface area is 263 Å². The van der Waals surface area contributed by atoms with E-state index in [9.17, 15) is 22.8 Å². The molecule has 2 aromatic rings. The fraction of sp³-hybridized carbons (Fsp3) is 0.606. The summed E-state index contributed by atoms with van der Waals surface area (Å²) in [5.74, 6) is -0.557. The number of alkyl carbamates (subject to hydrolysis) is 1. The van der Waals surface area contributed by atoms with Gasteiger partial charge >= 0.3 is 12.3 Å². The first-order valence-corrected chi connectivity index (χ1v) is 15.8. The van der Waals surface area contributed by atoms with Gasteiger partial charge in [-0.25, -0.2) is 14.8 Å². The SMILES string of the molecule is CC(C)(C)OC(=O)NCCC1CCN(c2cc(N3CCC[C@@H](C(=O)CCCc4ccc(C#N)cc4)C3)nc(C(F)(F)F)n2)CC1. The van der Waals surface area contributed by atoms with Crippen LogP contribution in [0.1, 0.15) is 82.7 Å². The summed E-state index contributed by atoms with van der Waals surface area (Å²) < 4.78 is 47.0. The van der Waals surface area contributed by atoms with Gasteiger partial charge in [0.2, 0.25) is 5.82 Å². The van der Waals surface area contributed by atoms with Gasteiger partial charge in [-0.1, -0.05) is 12.1 Å². The highest BCUT2D eigenvalue weighted by atomic mass is 19.4. The molecule has 2 saturated heterocycles. The van der Waals surface area contributed by atoms with Crippen LogP contribution in [0.3, 0.4) is 0 Å². The number of piperidine rings is 2. The first-order valence-electron chi connectivity index (χ1n) is 15.8. The lowest BCUT2D eigenvalue weighted by Crippen LogP contribution is -2.40. The number of aryl methyl sites for hydroxylation is 1. The van der Waals surface area contributed by atoms with Gasteiger partial charge in [-0.15, -0.1) is 0 Å². The molecule has 0 unspecified atom stereocenters. The molecule has 4 rings (SSSR count). The third kappa shape index (κ3) is 10.3. The highest BCUT2D eigenvalue weighted by Gasteiger charge is 2.37. The number of carbonyl (C=O) groups excluding carboxylic acids is 2. The first kappa shape index (κ1) is 34.0. The van der Waals surface area contributed by atoms with Gasteiger partial charge < -0.3 is 19.9 Å². The zero-order chi connectivity index (χ0) is 32.6. The summed E-state index contributed by atoms with van der Waals surface area (Å²) in [7, 11) is 0. The van der Waals surface area contributed by atoms with Crippen LogP contribution in [0.5, 0.6) is 0 Å². The van der Waals surface area contributed by atoms with Gasteiger partial charge in [0.05, 0.1) is 11.6 Å². The lowest BCUT2D eigenvalue weighted by atomic mass is 9.90. The molecule has 2 aliphatic rings. The van der Waals surface area contributed by atoms with E-state index in [2.05, 4.69) is 21.4 Å². The van der Waals surface area contributed by atoms with E-state index in [1.54, 1.807) is 43.9 Å². The number of carbonyl (C=O) groups is 2. The Morgan fingerprint density at radius 2 is 1.69 bits per heavy atom. The minimum Gasteiger partial charge on any atom is -0.444 e. The highest BCUT2D eigenvalue weighted by molar-refractivity contribution is 5.81. The topological polar surface area (TPSA) is 111 Å². The van der Waals surface area contributed by atoms with E-state index in [1.165, 1.54) is 0 Å². The van der Waals surface area contributed by atoms with Crippen molar-refractivity contribution in [1.29, 1.82) is 5.26 Å². The predicted octanol–water partition coefficient (Wildman–Crippen LogP) is 6.31. The molecule has 0 saturated carbocycles. The van der Waals surface area contributed by atoms with Gasteiger partial charge in [-0.3, -0.25) is 4.79 Å². The van der Waals surface area contributed by atoms with Crippen LogP contribution in [0.15, 0.2) is 30.3 Å². The molecule has 244 valence electrons. The highest BCUT2D eigenvalue weighted by Crippen LogP contribution is 2.33. The molecule has 2 aliphatic heterocycles. The number of nitrogens with one attached hydrogen (secondary N) is 1. The van der Waals surface area contributed by atoms with Crippen molar-refractivity contribution in [2.75, 3.05) is 42.5 Å². The molecule has 0 aliphatic carbocycles. The average Bonchev–Trinajstić information content (AvgIpc) is 3.00. The van der Waals surface area contributed by atoms with Crippen molar-refractivity contribution >= 4 is 23.5 Å². The Bertz CT molecular complexity index is 1350. The number of amides is 1. The largest absolute Gasteiger partial charge is 0.451 e. The van der Waals surface area contributed by atoms with Crippen LogP contribution >= 0.6 is 0 Å². The fourth-order valence-electron chi connectivity index (χ4n) is 5.88. The second-order valence-electron chi connectivity index (χ2n) is 13.0. The minimum atomic E-state index is -4.70. The van der Waals surface area contributed by atoms with Crippen molar-refractivity contribution in [2.45, 2.75) is 83.9 Å². The minimum absolute atomic E-state index is 0.113. The van der Waals surface area contributed by atoms with E-state index in [-0.39, 0.29) is 23.3 Å². The van der Waals surface area contributed by atoms with Crippen LogP contribution in [0.25, 0.3) is 0 Å². The normalized spacial score (nSPS) is 17.9. The van der Waals surface area contributed by atoms with Crippen molar-refractivity contribution in [3.63, 3.8) is 0 Å². The number of hydrogen-bond donors (Lipinski definition) is 1. The Kier molecular flexibility index (Phi) is 11.3. The van der Waals surface area contributed by atoms with Crippen molar-refractivity contribution in [2.24, 2.45) is 11.8 Å². The third-order valence-corrected chi connectivity index (χ3v) is 8.28. The van der Waals surface area contributed by atoms with Gasteiger partial charge in [-0.05, 0) is 89.3 Å². The second-order valence-corrected chi connectivity index (χ2v) is 13.0. The van der Waals surface area contributed by atoms with Crippen LogP contribution in [-0.2, 0) is 22.1 Å². The number of ether oxygens (including phenoxy) is 1. The standard InChI is InChI=1S/C33H43F3N6O3/c1-32(2,3)45-31(44)38-16-13-24-14-18-41(19-15-24)28-20-29(40-30(39-28)33(34,35)36)42-17-5-7-26(22-42)27(43)8-4-6-23-9-11-25(21-37)12-10-23/h9-12,20,24,26H,4-8,13-19,22H2,1-3H3,(H,38,44)/t26-/m1/s1. The van der Waals surface area contributed by atoms with Crippen LogP contribution in [0.2, 0.25) is 0 Å². The van der Waals surface area contributed by atoms with Gasteiger partial charge in [-0.2, -0.15) is 18.4 Å². The zero-order valence-corrected chi connectivity index (χ0v) is 26.3. The Morgan fingerprint density at radius 1 is 1.02 bits per heavy atom. The van der Waals surface area contributed by atoms with E-state index in [0.717, 1.165) is 31.2 Å². The van der Waals surface area contributed by atoms with E-state index in [4.69, 9.17) is 10.00 Å². The summed E-state index contributed by atoms with van der Waals surface area (Å²) in [4.78, 5) is 36.5. The maximum Gasteiger partial charge on any atom is 0.451 e. The molecule has 1 aromatic carbocycles. The molecular formula is C33H43F3N6O3. The van der Waals surface area contributed by atoms with E-state index >= 15 is 0 Å². The van der Waals surface area contributed by atoms with Crippen LogP contribution < -0.4 is 15.1 Å². The zero-order valence-electron chi connectivity index (χ0n) is 26.3. The number of hydrogen-bond acceptors (Lipinski definition) is 8. The number of alkyl halides is 3. The summed E-state index contributed by atoms with van der Waals surface area (Å²) in [6.07, 6.45) is 0.293. The average molecular weight is 629 g/mol. The lowest BCUT2D eigenvalue weighted by Gasteiger charge is -2.35. The van der Waals surface area contributed by atoms with Crippen molar-refractivity contribution in [3.05, 3.63) is 47.3 Å². The third-order valence-electron chi connectivity index (χ3n) is 8.28. The smallest absolute Gasteiger partial charge is 0.444 e. The van der Waals surface area contributed by atoms with Crippen LogP contribution in [0.4, 0.5) is 29.6 Å². The number of benzene rings is 1. The fourth-order valence-corrected chi connectivity index (χ4v) is 5.88. The molecule has 1 amide bonds. The lowest BCUT2D eigenvalue weighted by molar-refractivity contribution is -0.144. The first-order chi connectivity index (χ1) is 21.3. The summed E-state index contributed by atoms with van der Waals surface area (Å²) in [5, 5.41) is 11.7. The maximum absolute atomic E-state index is 13.9. The van der Waals surface area contributed by atoms with E-state index in [1.807, 2.05) is 17.0 Å². The molecule has 0 bridgehead atoms. The number of nitrogens with zero attached hydrogens (tertiary/aromatic N) is 5. The van der Waals surface area contributed by atoms with Crippen LogP contribution in [0, 0.1) is 23.2 Å². The monoisotopic (exact) mass is 628 g/mol.